The smallest absolute Gasteiger partial charge is 0.121 e. The maximum absolute atomic E-state index is 10.4. The second-order valence-corrected chi connectivity index (χ2v) is 4.72. The van der Waals surface area contributed by atoms with E-state index in [-0.39, 0.29) is 0 Å². The minimum atomic E-state index is -0.525. The number of aliphatic hydroxyl groups excluding tert-OH is 1. The molecule has 1 saturated heterocycles. The molecule has 1 N–H and O–H groups in total. The third-order valence-corrected chi connectivity index (χ3v) is 3.55. The number of likely N-dealkylation sites (N-methyl/N-ethyl adjacent to an activating group) is 1. The zero-order chi connectivity index (χ0) is 12.3. The fourth-order valence-corrected chi connectivity index (χ4v) is 2.62. The first-order chi connectivity index (χ1) is 8.19. The van der Waals surface area contributed by atoms with Gasteiger partial charge in [-0.25, -0.2) is 0 Å². The maximum Gasteiger partial charge on any atom is 0.121 e. The Morgan fingerprint density at radius 3 is 2.71 bits per heavy atom. The monoisotopic (exact) mass is 235 g/mol. The summed E-state index contributed by atoms with van der Waals surface area (Å²) in [6.45, 7) is 4.21. The first kappa shape index (κ1) is 12.6. The second kappa shape index (κ2) is 5.17. The Morgan fingerprint density at radius 2 is 2.12 bits per heavy atom. The van der Waals surface area contributed by atoms with Crippen LogP contribution in [-0.2, 0) is 10.3 Å². The van der Waals surface area contributed by atoms with Crippen LogP contribution < -0.4 is 0 Å². The van der Waals surface area contributed by atoms with Gasteiger partial charge in [-0.15, -0.1) is 0 Å². The van der Waals surface area contributed by atoms with Gasteiger partial charge >= 0.3 is 0 Å². The van der Waals surface area contributed by atoms with Crippen molar-refractivity contribution >= 4 is 0 Å². The second-order valence-electron chi connectivity index (χ2n) is 4.72. The fourth-order valence-electron chi connectivity index (χ4n) is 2.62. The topological polar surface area (TPSA) is 32.7 Å². The molecule has 0 aromatic heterocycles. The molecule has 2 rings (SSSR count). The van der Waals surface area contributed by atoms with Gasteiger partial charge in [-0.1, -0.05) is 30.3 Å². The number of benzene rings is 1. The normalized spacial score (nSPS) is 30.4. The molecule has 0 amide bonds. The molecule has 2 atom stereocenters. The quantitative estimate of drug-likeness (QED) is 0.864. The average Bonchev–Trinajstić information content (AvgIpc) is 2.34. The zero-order valence-electron chi connectivity index (χ0n) is 10.6. The fraction of sp³-hybridized carbons (Fsp3) is 0.571. The Kier molecular flexibility index (Phi) is 3.82. The molecule has 0 bridgehead atoms. The van der Waals surface area contributed by atoms with E-state index in [1.54, 1.807) is 0 Å². The number of β-amino-alcohol motifs (C(OH)–C–C–N with tert-alkyl or cyclic N) is 1. The van der Waals surface area contributed by atoms with E-state index in [1.165, 1.54) is 0 Å². The molecule has 0 aliphatic carbocycles. The van der Waals surface area contributed by atoms with E-state index in [0.717, 1.165) is 18.5 Å². The Labute approximate surface area is 103 Å². The third-order valence-electron chi connectivity index (χ3n) is 3.55. The summed E-state index contributed by atoms with van der Waals surface area (Å²) in [5.41, 5.74) is 0.560. The van der Waals surface area contributed by atoms with Gasteiger partial charge in [-0.2, -0.15) is 0 Å². The van der Waals surface area contributed by atoms with E-state index in [4.69, 9.17) is 4.74 Å². The summed E-state index contributed by atoms with van der Waals surface area (Å²) in [4.78, 5) is 2.14. The summed E-state index contributed by atoms with van der Waals surface area (Å²) in [5, 5.41) is 10.4. The highest BCUT2D eigenvalue weighted by Gasteiger charge is 2.43. The minimum absolute atomic E-state index is 0.469. The minimum Gasteiger partial charge on any atom is -0.388 e. The van der Waals surface area contributed by atoms with Crippen molar-refractivity contribution in [1.29, 1.82) is 0 Å². The highest BCUT2D eigenvalue weighted by Crippen LogP contribution is 2.36. The number of rotatable bonds is 3. The van der Waals surface area contributed by atoms with Crippen LogP contribution >= 0.6 is 0 Å². The molecule has 1 aromatic rings. The first-order valence-electron chi connectivity index (χ1n) is 6.25. The van der Waals surface area contributed by atoms with Crippen molar-refractivity contribution in [2.24, 2.45) is 0 Å². The summed E-state index contributed by atoms with van der Waals surface area (Å²) in [6, 6.07) is 10.1. The Morgan fingerprint density at radius 1 is 1.41 bits per heavy atom. The summed E-state index contributed by atoms with van der Waals surface area (Å²) in [5.74, 6) is 0. The van der Waals surface area contributed by atoms with Crippen LogP contribution in [-0.4, -0.2) is 42.9 Å². The van der Waals surface area contributed by atoms with Crippen molar-refractivity contribution < 1.29 is 9.84 Å². The lowest BCUT2D eigenvalue weighted by molar-refractivity contribution is -0.158. The van der Waals surface area contributed by atoms with Gasteiger partial charge in [0.2, 0.25) is 0 Å². The molecule has 3 nitrogen and oxygen atoms in total. The highest BCUT2D eigenvalue weighted by atomic mass is 16.5. The van der Waals surface area contributed by atoms with Gasteiger partial charge in [-0.05, 0) is 26.0 Å². The molecule has 1 fully saturated rings. The summed E-state index contributed by atoms with van der Waals surface area (Å²) >= 11 is 0. The van der Waals surface area contributed by atoms with Crippen molar-refractivity contribution in [1.82, 2.24) is 4.90 Å². The van der Waals surface area contributed by atoms with E-state index in [1.807, 2.05) is 44.3 Å². The zero-order valence-corrected chi connectivity index (χ0v) is 10.6. The van der Waals surface area contributed by atoms with Crippen LogP contribution in [0.15, 0.2) is 30.3 Å². The molecular weight excluding hydrogens is 214 g/mol. The number of hydrogen-bond acceptors (Lipinski definition) is 3. The molecule has 3 heteroatoms. The van der Waals surface area contributed by atoms with Crippen LogP contribution in [0.1, 0.15) is 18.9 Å². The van der Waals surface area contributed by atoms with Crippen molar-refractivity contribution in [2.75, 3.05) is 26.7 Å². The van der Waals surface area contributed by atoms with Crippen molar-refractivity contribution in [3.05, 3.63) is 35.9 Å². The molecule has 17 heavy (non-hydrogen) atoms. The van der Waals surface area contributed by atoms with Gasteiger partial charge in [0.05, 0.1) is 6.10 Å². The van der Waals surface area contributed by atoms with Crippen molar-refractivity contribution in [3.8, 4) is 0 Å². The summed E-state index contributed by atoms with van der Waals surface area (Å²) in [7, 11) is 2.03. The molecule has 0 saturated carbocycles. The van der Waals surface area contributed by atoms with Gasteiger partial charge in [0.1, 0.15) is 5.60 Å². The molecule has 94 valence electrons. The molecule has 0 radical (unpaired) electrons. The van der Waals surface area contributed by atoms with Gasteiger partial charge < -0.3 is 14.7 Å². The number of likely N-dealkylation sites (tertiary alicyclic amines) is 1. The Hall–Kier alpha value is -0.900. The number of hydrogen-bond donors (Lipinski definition) is 1. The Balaban J connectivity index is 2.32. The van der Waals surface area contributed by atoms with E-state index in [2.05, 4.69) is 4.90 Å². The molecular formula is C14H21NO2. The largest absolute Gasteiger partial charge is 0.388 e. The van der Waals surface area contributed by atoms with E-state index >= 15 is 0 Å². The van der Waals surface area contributed by atoms with Crippen LogP contribution in [0.2, 0.25) is 0 Å². The highest BCUT2D eigenvalue weighted by molar-refractivity contribution is 5.25. The van der Waals surface area contributed by atoms with Gasteiger partial charge in [0, 0.05) is 19.7 Å². The molecule has 1 aromatic carbocycles. The lowest BCUT2D eigenvalue weighted by Gasteiger charge is -2.44. The number of nitrogens with zero attached hydrogens (tertiary/aromatic N) is 1. The number of ether oxygens (including phenoxy) is 1. The van der Waals surface area contributed by atoms with Crippen LogP contribution in [0, 0.1) is 0 Å². The molecule has 1 aliphatic heterocycles. The van der Waals surface area contributed by atoms with Crippen LogP contribution in [0.25, 0.3) is 0 Å². The van der Waals surface area contributed by atoms with Crippen LogP contribution in [0.4, 0.5) is 0 Å². The molecule has 0 spiro atoms. The van der Waals surface area contributed by atoms with Crippen molar-refractivity contribution in [2.45, 2.75) is 25.0 Å². The van der Waals surface area contributed by atoms with Crippen LogP contribution in [0.5, 0.6) is 0 Å². The lowest BCUT2D eigenvalue weighted by Crippen LogP contribution is -2.53. The summed E-state index contributed by atoms with van der Waals surface area (Å²) in [6.07, 6.45) is 0.367. The maximum atomic E-state index is 10.4. The predicted octanol–water partition coefficient (Wildman–Crippen LogP) is 1.61. The van der Waals surface area contributed by atoms with E-state index in [9.17, 15) is 5.11 Å². The lowest BCUT2D eigenvalue weighted by atomic mass is 9.82. The van der Waals surface area contributed by atoms with Crippen molar-refractivity contribution in [3.63, 3.8) is 0 Å². The SMILES string of the molecule is CCOC1(c2ccccc2)CCN(C)CC1O. The van der Waals surface area contributed by atoms with E-state index in [0.29, 0.717) is 13.2 Å². The Bertz CT molecular complexity index is 354. The first-order valence-corrected chi connectivity index (χ1v) is 6.25. The average molecular weight is 235 g/mol. The van der Waals surface area contributed by atoms with Crippen LogP contribution in [0.3, 0.4) is 0 Å². The van der Waals surface area contributed by atoms with E-state index < -0.39 is 11.7 Å². The predicted molar refractivity (Wildman–Crippen MR) is 67.9 cm³/mol. The molecule has 1 aliphatic rings. The van der Waals surface area contributed by atoms with Gasteiger partial charge in [0.15, 0.2) is 0 Å². The molecule has 1 heterocycles. The molecule has 2 unspecified atom stereocenters. The third kappa shape index (κ3) is 2.37. The van der Waals surface area contributed by atoms with Gasteiger partial charge in [0.25, 0.3) is 0 Å². The van der Waals surface area contributed by atoms with Gasteiger partial charge in [-0.3, -0.25) is 0 Å². The number of piperidine rings is 1. The standard InChI is InChI=1S/C14H21NO2/c1-3-17-14(12-7-5-4-6-8-12)9-10-15(2)11-13(14)16/h4-8,13,16H,3,9-11H2,1-2H3. The number of aliphatic hydroxyl groups is 1. The summed E-state index contributed by atoms with van der Waals surface area (Å²) < 4.78 is 5.94.